The van der Waals surface area contributed by atoms with Gasteiger partial charge in [0.1, 0.15) is 76.5 Å². The number of phenols is 3. The van der Waals surface area contributed by atoms with Crippen LogP contribution in [0.25, 0.3) is 22.3 Å². The maximum absolute atomic E-state index is 14.0. The topological polar surface area (TPSA) is 308 Å². The van der Waals surface area contributed by atoms with Crippen LogP contribution in [0.5, 0.6) is 23.0 Å². The zero-order valence-corrected chi connectivity index (χ0v) is 26.7. The quantitative estimate of drug-likeness (QED) is 0.105. The van der Waals surface area contributed by atoms with Crippen molar-refractivity contribution >= 4 is 11.0 Å². The van der Waals surface area contributed by atoms with Gasteiger partial charge in [-0.1, -0.05) is 0 Å². The summed E-state index contributed by atoms with van der Waals surface area (Å²) in [6, 6.07) is 7.15. The van der Waals surface area contributed by atoms with Crippen molar-refractivity contribution in [1.82, 2.24) is 0 Å². The molecule has 0 aliphatic carbocycles. The molecule has 3 aliphatic rings. The molecule has 3 saturated heterocycles. The number of aromatic hydroxyl groups is 3. The molecule has 280 valence electrons. The van der Waals surface area contributed by atoms with Gasteiger partial charge in [0.05, 0.1) is 25.9 Å². The summed E-state index contributed by atoms with van der Waals surface area (Å²) in [7, 11) is 0. The predicted octanol–water partition coefficient (Wildman–Crippen LogP) is -2.93. The smallest absolute Gasteiger partial charge is 0.239 e. The van der Waals surface area contributed by atoms with Crippen LogP contribution in [0.15, 0.2) is 45.6 Å². The zero-order valence-electron chi connectivity index (χ0n) is 26.7. The Labute approximate surface area is 287 Å². The van der Waals surface area contributed by atoms with Crippen molar-refractivity contribution in [3.8, 4) is 34.3 Å². The molecule has 3 aromatic rings. The number of rotatable bonds is 9. The van der Waals surface area contributed by atoms with Crippen LogP contribution in [0.3, 0.4) is 0 Å². The van der Waals surface area contributed by atoms with Crippen molar-refractivity contribution in [1.29, 1.82) is 0 Å². The molecule has 4 heterocycles. The Hall–Kier alpha value is -3.67. The molecule has 3 fully saturated rings. The second kappa shape index (κ2) is 14.4. The Morgan fingerprint density at radius 1 is 0.843 bits per heavy atom. The molecule has 1 unspecified atom stereocenters. The summed E-state index contributed by atoms with van der Waals surface area (Å²) in [6.45, 7) is -0.787. The van der Waals surface area contributed by atoms with Gasteiger partial charge in [-0.15, -0.1) is 0 Å². The van der Waals surface area contributed by atoms with E-state index in [0.717, 1.165) is 12.1 Å². The molecule has 0 spiro atoms. The van der Waals surface area contributed by atoms with E-state index in [2.05, 4.69) is 0 Å². The molecule has 6 rings (SSSR count). The van der Waals surface area contributed by atoms with E-state index in [4.69, 9.17) is 32.8 Å². The van der Waals surface area contributed by atoms with Crippen LogP contribution in [0.4, 0.5) is 0 Å². The molecule has 0 bridgehead atoms. The highest BCUT2D eigenvalue weighted by Gasteiger charge is 2.54. The van der Waals surface area contributed by atoms with Crippen LogP contribution < -0.4 is 10.2 Å². The highest BCUT2D eigenvalue weighted by molar-refractivity contribution is 5.88. The fourth-order valence-electron chi connectivity index (χ4n) is 5.98. The first-order valence-electron chi connectivity index (χ1n) is 15.7. The molecule has 3 aliphatic heterocycles. The fraction of sp³-hybridized carbons (Fsp3) is 0.531. The molecule has 0 amide bonds. The first-order chi connectivity index (χ1) is 24.1. The van der Waals surface area contributed by atoms with Crippen molar-refractivity contribution in [3.63, 3.8) is 0 Å². The fourth-order valence-corrected chi connectivity index (χ4v) is 5.98. The van der Waals surface area contributed by atoms with Gasteiger partial charge in [0.15, 0.2) is 24.4 Å². The monoisotopic (exact) mass is 726 g/mol. The minimum absolute atomic E-state index is 0.138. The maximum Gasteiger partial charge on any atom is 0.239 e. The highest BCUT2D eigenvalue weighted by Crippen LogP contribution is 2.39. The third-order valence-corrected chi connectivity index (χ3v) is 9.03. The first-order valence-corrected chi connectivity index (χ1v) is 15.7. The predicted molar refractivity (Wildman–Crippen MR) is 165 cm³/mol. The molecule has 0 radical (unpaired) electrons. The van der Waals surface area contributed by atoms with Gasteiger partial charge >= 0.3 is 0 Å². The lowest BCUT2D eigenvalue weighted by atomic mass is 9.97. The standard InChI is InChI=1S/C32H38O19/c1-11-19(37)22(40)24(42)29(47-11)45-8-17-20(38)23(41)27(51-31-28(43)32(44,9-33)10-46-31)30(49-17)50-26-21(39)18-15(36)6-14(35)7-16(18)48-25(26)12-2-4-13(34)5-3-12/h2-7,11,17,19-20,22-24,27-31,33-38,40-44H,8-10H2,1H3/t11-,17+,19-,20+,22+,23-,24+,27+,28-,29+,30-,31-,32?/m0/s1. The van der Waals surface area contributed by atoms with Crippen LogP contribution in [0.2, 0.25) is 0 Å². The Balaban J connectivity index is 1.38. The highest BCUT2D eigenvalue weighted by atomic mass is 16.8. The van der Waals surface area contributed by atoms with E-state index in [-0.39, 0.29) is 22.7 Å². The van der Waals surface area contributed by atoms with Crippen LogP contribution in [-0.2, 0) is 23.7 Å². The van der Waals surface area contributed by atoms with Crippen LogP contribution >= 0.6 is 0 Å². The zero-order chi connectivity index (χ0) is 36.9. The van der Waals surface area contributed by atoms with Gasteiger partial charge in [-0.25, -0.2) is 0 Å². The van der Waals surface area contributed by atoms with Crippen molar-refractivity contribution in [2.75, 3.05) is 19.8 Å². The third-order valence-electron chi connectivity index (χ3n) is 9.03. The van der Waals surface area contributed by atoms with Gasteiger partial charge in [-0.2, -0.15) is 0 Å². The number of hydrogen-bond acceptors (Lipinski definition) is 19. The van der Waals surface area contributed by atoms with E-state index in [9.17, 15) is 61.0 Å². The molecule has 51 heavy (non-hydrogen) atoms. The summed E-state index contributed by atoms with van der Waals surface area (Å²) < 4.78 is 39.9. The lowest BCUT2D eigenvalue weighted by Crippen LogP contribution is -2.63. The van der Waals surface area contributed by atoms with E-state index in [0.29, 0.717) is 0 Å². The van der Waals surface area contributed by atoms with E-state index in [1.807, 2.05) is 0 Å². The van der Waals surface area contributed by atoms with Crippen molar-refractivity contribution in [3.05, 3.63) is 46.6 Å². The van der Waals surface area contributed by atoms with Gasteiger partial charge in [-0.05, 0) is 31.2 Å². The largest absolute Gasteiger partial charge is 0.508 e. The SMILES string of the molecule is C[C@@H]1O[C@@H](OC[C@H]2O[C@@H](Oc3c(-c4ccc(O)cc4)oc4cc(O)cc(O)c4c3=O)[C@H](O[C@@H]3OCC(O)(CO)[C@H]3O)[C@@H](O)[C@@H]2O)[C@H](O)[C@H](O)[C@H]1O. The van der Waals surface area contributed by atoms with E-state index in [1.165, 1.54) is 31.2 Å². The first kappa shape index (κ1) is 37.1. The third kappa shape index (κ3) is 6.97. The summed E-state index contributed by atoms with van der Waals surface area (Å²) in [5, 5.41) is 114. The molecule has 19 heteroatoms. The number of phenolic OH excluding ortho intramolecular Hbond substituents is 3. The minimum Gasteiger partial charge on any atom is -0.508 e. The van der Waals surface area contributed by atoms with Gasteiger partial charge in [-0.3, -0.25) is 4.79 Å². The van der Waals surface area contributed by atoms with E-state index in [1.54, 1.807) is 0 Å². The number of aliphatic hydroxyl groups excluding tert-OH is 7. The van der Waals surface area contributed by atoms with Crippen LogP contribution in [0.1, 0.15) is 6.92 Å². The Morgan fingerprint density at radius 3 is 2.22 bits per heavy atom. The number of fused-ring (bicyclic) bond motifs is 1. The summed E-state index contributed by atoms with van der Waals surface area (Å²) in [6.07, 6.45) is -20.2. The molecular weight excluding hydrogens is 688 g/mol. The van der Waals surface area contributed by atoms with Gasteiger partial charge in [0.2, 0.25) is 17.5 Å². The number of ether oxygens (including phenoxy) is 6. The van der Waals surface area contributed by atoms with Crippen molar-refractivity contribution in [2.24, 2.45) is 0 Å². The molecule has 2 aromatic carbocycles. The minimum atomic E-state index is -2.17. The molecular formula is C32H38O19. The summed E-state index contributed by atoms with van der Waals surface area (Å²) in [4.78, 5) is 14.0. The lowest BCUT2D eigenvalue weighted by Gasteiger charge is -2.44. The molecule has 1 aromatic heterocycles. The average molecular weight is 727 g/mol. The van der Waals surface area contributed by atoms with Gasteiger partial charge in [0, 0.05) is 17.7 Å². The second-order valence-electron chi connectivity index (χ2n) is 12.6. The Morgan fingerprint density at radius 2 is 1.55 bits per heavy atom. The van der Waals surface area contributed by atoms with E-state index < -0.39 is 127 Å². The lowest BCUT2D eigenvalue weighted by molar-refractivity contribution is -0.335. The summed E-state index contributed by atoms with van der Waals surface area (Å²) in [5.74, 6) is -2.27. The normalized spacial score (nSPS) is 37.1. The molecule has 11 N–H and O–H groups in total. The van der Waals surface area contributed by atoms with Crippen molar-refractivity contribution in [2.45, 2.75) is 86.3 Å². The van der Waals surface area contributed by atoms with Crippen molar-refractivity contribution < 1.29 is 89.0 Å². The number of aliphatic hydroxyl groups is 8. The van der Waals surface area contributed by atoms with Crippen LogP contribution in [0, 0.1) is 0 Å². The Bertz CT molecular complexity index is 1750. The number of hydrogen-bond donors (Lipinski definition) is 11. The Kier molecular flexibility index (Phi) is 10.5. The summed E-state index contributed by atoms with van der Waals surface area (Å²) in [5.41, 5.74) is -3.31. The number of benzene rings is 2. The average Bonchev–Trinajstić information content (AvgIpc) is 3.38. The second-order valence-corrected chi connectivity index (χ2v) is 12.6. The van der Waals surface area contributed by atoms with Gasteiger partial charge < -0.3 is 89.0 Å². The molecule has 0 saturated carbocycles. The van der Waals surface area contributed by atoms with E-state index >= 15 is 0 Å². The maximum atomic E-state index is 14.0. The molecule has 19 nitrogen and oxygen atoms in total. The summed E-state index contributed by atoms with van der Waals surface area (Å²) >= 11 is 0. The molecule has 13 atom stereocenters. The van der Waals surface area contributed by atoms with Gasteiger partial charge in [0.25, 0.3) is 0 Å². The van der Waals surface area contributed by atoms with Crippen LogP contribution in [-0.4, -0.2) is 155 Å².